The third kappa shape index (κ3) is 2.17. The maximum atomic E-state index is 4.53. The van der Waals surface area contributed by atoms with Crippen molar-refractivity contribution in [1.29, 1.82) is 0 Å². The Morgan fingerprint density at radius 2 is 1.68 bits per heavy atom. The summed E-state index contributed by atoms with van der Waals surface area (Å²) < 4.78 is 2.13. The lowest BCUT2D eigenvalue weighted by molar-refractivity contribution is 1.05. The predicted molar refractivity (Wildman–Crippen MR) is 78.4 cm³/mol. The molecule has 1 aromatic heterocycles. The highest BCUT2D eigenvalue weighted by atomic mass is 15.1. The Morgan fingerprint density at radius 1 is 0.947 bits per heavy atom. The van der Waals surface area contributed by atoms with E-state index in [1.165, 1.54) is 11.1 Å². The van der Waals surface area contributed by atoms with Gasteiger partial charge >= 0.3 is 0 Å². The van der Waals surface area contributed by atoms with Crippen molar-refractivity contribution in [3.63, 3.8) is 0 Å². The fourth-order valence-electron chi connectivity index (χ4n) is 2.35. The van der Waals surface area contributed by atoms with Crippen LogP contribution in [0.4, 0.5) is 0 Å². The average Bonchev–Trinajstić information content (AvgIpc) is 2.97. The van der Waals surface area contributed by atoms with Gasteiger partial charge in [0.1, 0.15) is 5.82 Å². The predicted octanol–water partition coefficient (Wildman–Crippen LogP) is 4.10. The van der Waals surface area contributed by atoms with Crippen molar-refractivity contribution in [2.24, 2.45) is 0 Å². The molecule has 0 unspecified atom stereocenters. The number of aromatic nitrogens is 2. The second kappa shape index (κ2) is 5.11. The van der Waals surface area contributed by atoms with Gasteiger partial charge in [0.15, 0.2) is 0 Å². The van der Waals surface area contributed by atoms with Crippen molar-refractivity contribution in [2.45, 2.75) is 13.3 Å². The Balaban J connectivity index is 2.15. The Morgan fingerprint density at radius 3 is 2.47 bits per heavy atom. The van der Waals surface area contributed by atoms with E-state index < -0.39 is 0 Å². The van der Waals surface area contributed by atoms with Gasteiger partial charge in [-0.25, -0.2) is 4.98 Å². The molecule has 3 rings (SSSR count). The molecule has 0 aliphatic heterocycles. The maximum Gasteiger partial charge on any atom is 0.144 e. The van der Waals surface area contributed by atoms with E-state index in [4.69, 9.17) is 0 Å². The van der Waals surface area contributed by atoms with Crippen LogP contribution in [-0.2, 0) is 6.42 Å². The smallest absolute Gasteiger partial charge is 0.144 e. The summed E-state index contributed by atoms with van der Waals surface area (Å²) in [6.07, 6.45) is 4.88. The third-order valence-electron chi connectivity index (χ3n) is 3.31. The average molecular weight is 248 g/mol. The van der Waals surface area contributed by atoms with Gasteiger partial charge in [-0.2, -0.15) is 0 Å². The van der Waals surface area contributed by atoms with Gasteiger partial charge in [0, 0.05) is 23.6 Å². The number of aryl methyl sites for hydroxylation is 1. The minimum Gasteiger partial charge on any atom is -0.300 e. The number of benzene rings is 2. The van der Waals surface area contributed by atoms with E-state index in [1.807, 2.05) is 30.6 Å². The molecule has 0 radical (unpaired) electrons. The summed E-state index contributed by atoms with van der Waals surface area (Å²) in [5.41, 5.74) is 3.67. The lowest BCUT2D eigenvalue weighted by Crippen LogP contribution is -1.98. The van der Waals surface area contributed by atoms with Crippen molar-refractivity contribution in [2.75, 3.05) is 0 Å². The minimum atomic E-state index is 1.00. The topological polar surface area (TPSA) is 17.8 Å². The highest BCUT2D eigenvalue weighted by Gasteiger charge is 2.10. The molecule has 0 spiro atoms. The molecule has 1 heterocycles. The highest BCUT2D eigenvalue weighted by molar-refractivity contribution is 5.63. The van der Waals surface area contributed by atoms with E-state index >= 15 is 0 Å². The monoisotopic (exact) mass is 248 g/mol. The quantitative estimate of drug-likeness (QED) is 0.682. The molecular formula is C17H16N2. The van der Waals surface area contributed by atoms with Crippen molar-refractivity contribution >= 4 is 0 Å². The summed E-state index contributed by atoms with van der Waals surface area (Å²) in [5, 5.41) is 0. The highest BCUT2D eigenvalue weighted by Crippen LogP contribution is 2.25. The lowest BCUT2D eigenvalue weighted by atomic mass is 10.0. The molecular weight excluding hydrogens is 232 g/mol. The summed E-state index contributed by atoms with van der Waals surface area (Å²) in [7, 11) is 0. The molecule has 19 heavy (non-hydrogen) atoms. The van der Waals surface area contributed by atoms with Gasteiger partial charge in [-0.15, -0.1) is 0 Å². The van der Waals surface area contributed by atoms with Crippen LogP contribution in [0, 0.1) is 0 Å². The number of hydrogen-bond donors (Lipinski definition) is 0. The van der Waals surface area contributed by atoms with Crippen LogP contribution in [-0.4, -0.2) is 9.55 Å². The first-order chi connectivity index (χ1) is 9.40. The van der Waals surface area contributed by atoms with Crippen molar-refractivity contribution in [3.05, 3.63) is 72.6 Å². The zero-order chi connectivity index (χ0) is 13.1. The van der Waals surface area contributed by atoms with Crippen LogP contribution in [0.3, 0.4) is 0 Å². The molecule has 2 aromatic carbocycles. The minimum absolute atomic E-state index is 1.00. The molecule has 0 fully saturated rings. The summed E-state index contributed by atoms with van der Waals surface area (Å²) >= 11 is 0. The zero-order valence-corrected chi connectivity index (χ0v) is 11.0. The van der Waals surface area contributed by atoms with E-state index in [1.54, 1.807) is 0 Å². The van der Waals surface area contributed by atoms with E-state index in [0.717, 1.165) is 17.9 Å². The largest absolute Gasteiger partial charge is 0.300 e. The number of imidazole rings is 1. The maximum absolute atomic E-state index is 4.53. The first-order valence-corrected chi connectivity index (χ1v) is 6.57. The van der Waals surface area contributed by atoms with Gasteiger partial charge in [0.2, 0.25) is 0 Å². The molecule has 0 aliphatic carbocycles. The Kier molecular flexibility index (Phi) is 3.15. The Hall–Kier alpha value is -2.35. The van der Waals surface area contributed by atoms with Gasteiger partial charge < -0.3 is 0 Å². The SMILES string of the molecule is CCc1ccccc1-c1nccn1-c1ccccc1. The molecule has 0 N–H and O–H groups in total. The van der Waals surface area contributed by atoms with E-state index in [-0.39, 0.29) is 0 Å². The van der Waals surface area contributed by atoms with Crippen LogP contribution in [0.15, 0.2) is 67.0 Å². The lowest BCUT2D eigenvalue weighted by Gasteiger charge is -2.10. The van der Waals surface area contributed by atoms with Crippen LogP contribution in [0.1, 0.15) is 12.5 Å². The molecule has 0 saturated heterocycles. The number of para-hydroxylation sites is 1. The number of rotatable bonds is 3. The zero-order valence-electron chi connectivity index (χ0n) is 11.0. The molecule has 3 aromatic rings. The fraction of sp³-hybridized carbons (Fsp3) is 0.118. The van der Waals surface area contributed by atoms with Gasteiger partial charge in [-0.05, 0) is 24.1 Å². The molecule has 0 aliphatic rings. The summed E-state index contributed by atoms with van der Waals surface area (Å²) in [6, 6.07) is 18.8. The van der Waals surface area contributed by atoms with Gasteiger partial charge in [0.25, 0.3) is 0 Å². The van der Waals surface area contributed by atoms with E-state index in [9.17, 15) is 0 Å². The molecule has 2 nitrogen and oxygen atoms in total. The van der Waals surface area contributed by atoms with Crippen molar-refractivity contribution < 1.29 is 0 Å². The van der Waals surface area contributed by atoms with Gasteiger partial charge in [0.05, 0.1) is 0 Å². The summed E-state index contributed by atoms with van der Waals surface area (Å²) in [4.78, 5) is 4.53. The molecule has 0 bridgehead atoms. The summed E-state index contributed by atoms with van der Waals surface area (Å²) in [5.74, 6) is 1.00. The molecule has 94 valence electrons. The normalized spacial score (nSPS) is 10.6. The van der Waals surface area contributed by atoms with Crippen LogP contribution >= 0.6 is 0 Å². The standard InChI is InChI=1S/C17H16N2/c1-2-14-8-6-7-11-16(14)17-18-12-13-19(17)15-9-4-3-5-10-15/h3-13H,2H2,1H3. The first-order valence-electron chi connectivity index (χ1n) is 6.57. The fourth-order valence-corrected chi connectivity index (χ4v) is 2.35. The molecule has 0 atom stereocenters. The van der Waals surface area contributed by atoms with Crippen molar-refractivity contribution in [1.82, 2.24) is 9.55 Å². The molecule has 0 amide bonds. The Labute approximate surface area is 113 Å². The summed E-state index contributed by atoms with van der Waals surface area (Å²) in [6.45, 7) is 2.18. The van der Waals surface area contributed by atoms with Crippen LogP contribution < -0.4 is 0 Å². The second-order valence-electron chi connectivity index (χ2n) is 4.47. The number of hydrogen-bond acceptors (Lipinski definition) is 1. The van der Waals surface area contributed by atoms with Crippen LogP contribution in [0.2, 0.25) is 0 Å². The van der Waals surface area contributed by atoms with E-state index in [0.29, 0.717) is 0 Å². The van der Waals surface area contributed by atoms with Gasteiger partial charge in [-0.3, -0.25) is 4.57 Å². The molecule has 0 saturated carbocycles. The second-order valence-corrected chi connectivity index (χ2v) is 4.47. The Bertz CT molecular complexity index is 668. The third-order valence-corrected chi connectivity index (χ3v) is 3.31. The first kappa shape index (κ1) is 11.7. The van der Waals surface area contributed by atoms with Gasteiger partial charge in [-0.1, -0.05) is 49.4 Å². The van der Waals surface area contributed by atoms with Crippen LogP contribution in [0.25, 0.3) is 17.1 Å². The van der Waals surface area contributed by atoms with E-state index in [2.05, 4.69) is 52.9 Å². The number of nitrogens with zero attached hydrogens (tertiary/aromatic N) is 2. The van der Waals surface area contributed by atoms with Crippen LogP contribution in [0.5, 0.6) is 0 Å². The van der Waals surface area contributed by atoms with Crippen molar-refractivity contribution in [3.8, 4) is 17.1 Å². The molecule has 2 heteroatoms.